The summed E-state index contributed by atoms with van der Waals surface area (Å²) >= 11 is 0. The highest BCUT2D eigenvalue weighted by atomic mass is 15.1. The summed E-state index contributed by atoms with van der Waals surface area (Å²) in [5.74, 6) is 0.692. The highest BCUT2D eigenvalue weighted by Gasteiger charge is 2.36. The van der Waals surface area contributed by atoms with Crippen LogP contribution in [-0.4, -0.2) is 0 Å². The van der Waals surface area contributed by atoms with Crippen molar-refractivity contribution in [3.8, 4) is 33.4 Å². The molecule has 0 aliphatic heterocycles. The van der Waals surface area contributed by atoms with E-state index in [0.717, 1.165) is 12.8 Å². The summed E-state index contributed by atoms with van der Waals surface area (Å²) in [4.78, 5) is 2.59. The van der Waals surface area contributed by atoms with Gasteiger partial charge < -0.3 is 4.90 Å². The predicted octanol–water partition coefficient (Wildman–Crippen LogP) is 16.3. The molecule has 6 aromatic carbocycles. The van der Waals surface area contributed by atoms with Gasteiger partial charge in [0.1, 0.15) is 0 Å². The molecule has 6 aromatic rings. The molecule has 0 aromatic heterocycles. The van der Waals surface area contributed by atoms with Gasteiger partial charge in [-0.3, -0.25) is 0 Å². The van der Waals surface area contributed by atoms with E-state index in [0.29, 0.717) is 5.92 Å². The van der Waals surface area contributed by atoms with Gasteiger partial charge in [0.25, 0.3) is 0 Å². The zero-order valence-electron chi connectivity index (χ0n) is 36.4. The van der Waals surface area contributed by atoms with Crippen LogP contribution in [0.5, 0.6) is 0 Å². The van der Waals surface area contributed by atoms with Crippen LogP contribution in [0.25, 0.3) is 33.4 Å². The molecular weight excluding hydrogens is 699 g/mol. The van der Waals surface area contributed by atoms with Gasteiger partial charge in [0.2, 0.25) is 0 Å². The SMILES string of the molecule is CC(C)(C)c1cc(-c2ccc(-c3ccc(N(c4ccc(C5CCCCC5)cc4)c4ccc5c(c4)C(C)(C)c4ccccc4-5)c4c3CCCC4)cc2)cc(C(C)(C)C)c1. The average Bonchev–Trinajstić information content (AvgIpc) is 3.46. The maximum atomic E-state index is 2.59. The van der Waals surface area contributed by atoms with Crippen LogP contribution in [0.4, 0.5) is 17.1 Å². The lowest BCUT2D eigenvalue weighted by Crippen LogP contribution is -2.18. The van der Waals surface area contributed by atoms with Gasteiger partial charge in [-0.05, 0) is 158 Å². The van der Waals surface area contributed by atoms with Crippen LogP contribution in [0, 0.1) is 0 Å². The van der Waals surface area contributed by atoms with Gasteiger partial charge in [0, 0.05) is 22.5 Å². The van der Waals surface area contributed by atoms with Gasteiger partial charge >= 0.3 is 0 Å². The van der Waals surface area contributed by atoms with Crippen molar-refractivity contribution < 1.29 is 0 Å². The molecule has 0 amide bonds. The molecule has 1 heteroatoms. The molecule has 0 saturated heterocycles. The Balaban J connectivity index is 1.14. The molecule has 3 aliphatic rings. The lowest BCUT2D eigenvalue weighted by atomic mass is 9.79. The van der Waals surface area contributed by atoms with Crippen molar-refractivity contribution in [2.45, 2.75) is 135 Å². The molecule has 0 N–H and O–H groups in total. The summed E-state index contributed by atoms with van der Waals surface area (Å²) in [6.45, 7) is 18.8. The third kappa shape index (κ3) is 7.03. The lowest BCUT2D eigenvalue weighted by Gasteiger charge is -2.33. The van der Waals surface area contributed by atoms with Crippen molar-refractivity contribution in [2.24, 2.45) is 0 Å². The molecular formula is C57H63N. The van der Waals surface area contributed by atoms with Crippen molar-refractivity contribution in [1.82, 2.24) is 0 Å². The van der Waals surface area contributed by atoms with E-state index in [1.165, 1.54) is 134 Å². The number of fused-ring (bicyclic) bond motifs is 4. The maximum absolute atomic E-state index is 2.59. The van der Waals surface area contributed by atoms with Crippen LogP contribution in [0.15, 0.2) is 121 Å². The number of hydrogen-bond acceptors (Lipinski definition) is 1. The van der Waals surface area contributed by atoms with E-state index in [9.17, 15) is 0 Å². The third-order valence-electron chi connectivity index (χ3n) is 14.0. The molecule has 0 radical (unpaired) electrons. The van der Waals surface area contributed by atoms with Gasteiger partial charge in [-0.1, -0.05) is 166 Å². The molecule has 1 nitrogen and oxygen atoms in total. The van der Waals surface area contributed by atoms with Crippen LogP contribution < -0.4 is 4.90 Å². The Morgan fingerprint density at radius 1 is 0.483 bits per heavy atom. The number of anilines is 3. The summed E-state index contributed by atoms with van der Waals surface area (Å²) in [5, 5.41) is 0. The topological polar surface area (TPSA) is 3.24 Å². The summed E-state index contributed by atoms with van der Waals surface area (Å²) in [6.07, 6.45) is 11.4. The second-order valence-electron chi connectivity index (χ2n) is 20.3. The van der Waals surface area contributed by atoms with Crippen molar-refractivity contribution >= 4 is 17.1 Å². The van der Waals surface area contributed by atoms with Gasteiger partial charge in [-0.15, -0.1) is 0 Å². The Hall–Kier alpha value is -4.88. The minimum absolute atomic E-state index is 0.0593. The maximum Gasteiger partial charge on any atom is 0.0496 e. The normalized spacial score (nSPS) is 16.4. The van der Waals surface area contributed by atoms with Gasteiger partial charge in [-0.25, -0.2) is 0 Å². The fourth-order valence-corrected chi connectivity index (χ4v) is 10.4. The van der Waals surface area contributed by atoms with E-state index >= 15 is 0 Å². The monoisotopic (exact) mass is 761 g/mol. The van der Waals surface area contributed by atoms with Crippen LogP contribution in [0.3, 0.4) is 0 Å². The zero-order valence-corrected chi connectivity index (χ0v) is 36.4. The Labute approximate surface area is 349 Å². The van der Waals surface area contributed by atoms with Crippen LogP contribution in [-0.2, 0) is 29.1 Å². The van der Waals surface area contributed by atoms with Gasteiger partial charge in [0.15, 0.2) is 0 Å². The number of nitrogens with zero attached hydrogens (tertiary/aromatic N) is 1. The highest BCUT2D eigenvalue weighted by molar-refractivity contribution is 5.88. The Morgan fingerprint density at radius 3 is 1.74 bits per heavy atom. The van der Waals surface area contributed by atoms with E-state index in [1.807, 2.05) is 0 Å². The van der Waals surface area contributed by atoms with E-state index < -0.39 is 0 Å². The molecule has 1 saturated carbocycles. The highest BCUT2D eigenvalue weighted by Crippen LogP contribution is 2.52. The summed E-state index contributed by atoms with van der Waals surface area (Å²) in [5.41, 5.74) is 22.2. The molecule has 0 spiro atoms. The van der Waals surface area contributed by atoms with Crippen LogP contribution >= 0.6 is 0 Å². The van der Waals surface area contributed by atoms with Crippen LogP contribution in [0.2, 0.25) is 0 Å². The largest absolute Gasteiger partial charge is 0.310 e. The summed E-state index contributed by atoms with van der Waals surface area (Å²) < 4.78 is 0. The van der Waals surface area contributed by atoms with Crippen LogP contribution in [0.1, 0.15) is 145 Å². The number of hydrogen-bond donors (Lipinski definition) is 0. The second kappa shape index (κ2) is 14.7. The summed E-state index contributed by atoms with van der Waals surface area (Å²) in [6, 6.07) is 47.6. The Bertz CT molecular complexity index is 2420. The van der Waals surface area contributed by atoms with E-state index in [-0.39, 0.29) is 16.2 Å². The smallest absolute Gasteiger partial charge is 0.0496 e. The van der Waals surface area contributed by atoms with E-state index in [1.54, 1.807) is 0 Å². The third-order valence-corrected chi connectivity index (χ3v) is 14.0. The minimum atomic E-state index is -0.0593. The quantitative estimate of drug-likeness (QED) is 0.163. The van der Waals surface area contributed by atoms with Crippen molar-refractivity contribution in [3.05, 3.63) is 160 Å². The molecule has 3 aliphatic carbocycles. The fraction of sp³-hybridized carbons (Fsp3) is 0.368. The molecule has 296 valence electrons. The zero-order chi connectivity index (χ0) is 40.4. The first kappa shape index (κ1) is 38.6. The molecule has 0 bridgehead atoms. The Morgan fingerprint density at radius 2 is 1.07 bits per heavy atom. The number of rotatable bonds is 6. The molecule has 9 rings (SSSR count). The van der Waals surface area contributed by atoms with Crippen molar-refractivity contribution in [3.63, 3.8) is 0 Å². The molecule has 0 unspecified atom stereocenters. The van der Waals surface area contributed by atoms with Gasteiger partial charge in [-0.2, -0.15) is 0 Å². The minimum Gasteiger partial charge on any atom is -0.310 e. The lowest BCUT2D eigenvalue weighted by molar-refractivity contribution is 0.443. The molecule has 58 heavy (non-hydrogen) atoms. The fourth-order valence-electron chi connectivity index (χ4n) is 10.4. The van der Waals surface area contributed by atoms with Crippen molar-refractivity contribution in [2.75, 3.05) is 4.90 Å². The van der Waals surface area contributed by atoms with Crippen molar-refractivity contribution in [1.29, 1.82) is 0 Å². The first-order valence-electron chi connectivity index (χ1n) is 22.3. The number of benzene rings is 6. The average molecular weight is 762 g/mol. The Kier molecular flexibility index (Phi) is 9.82. The molecule has 0 heterocycles. The first-order valence-corrected chi connectivity index (χ1v) is 22.3. The first-order chi connectivity index (χ1) is 27.8. The van der Waals surface area contributed by atoms with E-state index in [4.69, 9.17) is 0 Å². The standard InChI is InChI=1S/C57H63N/c1-55(2,3)43-34-42(35-44(36-43)56(4,5)6)40-22-24-41(25-23-40)47-32-33-54(51-20-13-12-18-48(47)51)58(45-28-26-39(27-29-45)38-16-10-9-11-17-38)46-30-31-50-49-19-14-15-21-52(49)57(7,8)53(50)37-46/h14-15,19,21-38H,9-13,16-18,20H2,1-8H3. The second-order valence-corrected chi connectivity index (χ2v) is 20.3. The van der Waals surface area contributed by atoms with Gasteiger partial charge in [0.05, 0.1) is 0 Å². The van der Waals surface area contributed by atoms with E-state index in [2.05, 4.69) is 182 Å². The summed E-state index contributed by atoms with van der Waals surface area (Å²) in [7, 11) is 0. The molecule has 0 atom stereocenters. The molecule has 1 fully saturated rings. The predicted molar refractivity (Wildman–Crippen MR) is 249 cm³/mol.